The highest BCUT2D eigenvalue weighted by molar-refractivity contribution is 8.00. The van der Waals surface area contributed by atoms with Crippen LogP contribution in [0.15, 0.2) is 54.6 Å². The molecule has 3 rings (SSSR count). The Morgan fingerprint density at radius 3 is 2.24 bits per heavy atom. The van der Waals surface area contributed by atoms with Gasteiger partial charge in [0.05, 0.1) is 18.0 Å². The molecule has 2 aromatic rings. The van der Waals surface area contributed by atoms with E-state index in [4.69, 9.17) is 4.74 Å². The molecule has 0 bridgehead atoms. The lowest BCUT2D eigenvalue weighted by Gasteiger charge is -2.39. The molecule has 25 heavy (non-hydrogen) atoms. The van der Waals surface area contributed by atoms with Gasteiger partial charge in [-0.25, -0.2) is 0 Å². The van der Waals surface area contributed by atoms with Crippen LogP contribution in [0.5, 0.6) is 5.75 Å². The molecule has 134 valence electrons. The highest BCUT2D eigenvalue weighted by atomic mass is 32.2. The number of hydrogen-bond donors (Lipinski definition) is 4. The smallest absolute Gasteiger partial charge is 0.173 e. The number of ether oxygens (including phenoxy) is 1. The number of hydrogen-bond acceptors (Lipinski definition) is 6. The van der Waals surface area contributed by atoms with Crippen LogP contribution in [0.3, 0.4) is 0 Å². The third-order valence-corrected chi connectivity index (χ3v) is 5.72. The van der Waals surface area contributed by atoms with Gasteiger partial charge in [-0.05, 0) is 17.2 Å². The van der Waals surface area contributed by atoms with Gasteiger partial charge in [-0.1, -0.05) is 48.5 Å². The fourth-order valence-electron chi connectivity index (χ4n) is 2.87. The van der Waals surface area contributed by atoms with Crippen molar-refractivity contribution >= 4 is 11.8 Å². The molecule has 2 aromatic carbocycles. The maximum atomic E-state index is 10.2. The summed E-state index contributed by atoms with van der Waals surface area (Å²) in [4.78, 5) is 0. The van der Waals surface area contributed by atoms with Gasteiger partial charge in [0.25, 0.3) is 0 Å². The molecule has 1 fully saturated rings. The summed E-state index contributed by atoms with van der Waals surface area (Å²) in [7, 11) is 0. The van der Waals surface area contributed by atoms with Crippen molar-refractivity contribution in [1.82, 2.24) is 0 Å². The Balaban J connectivity index is 1.78. The first-order valence-electron chi connectivity index (χ1n) is 8.19. The third-order valence-electron chi connectivity index (χ3n) is 4.30. The van der Waals surface area contributed by atoms with Crippen molar-refractivity contribution in [3.8, 4) is 5.75 Å². The Morgan fingerprint density at radius 1 is 0.840 bits per heavy atom. The van der Waals surface area contributed by atoms with Gasteiger partial charge in [0, 0.05) is 6.42 Å². The molecule has 6 heteroatoms. The van der Waals surface area contributed by atoms with Gasteiger partial charge in [-0.2, -0.15) is 0 Å². The van der Waals surface area contributed by atoms with Crippen molar-refractivity contribution in [3.63, 3.8) is 0 Å². The molecule has 5 nitrogen and oxygen atoms in total. The predicted octanol–water partition coefficient (Wildman–Crippen LogP) is 1.17. The second-order valence-electron chi connectivity index (χ2n) is 6.09. The number of aliphatic hydroxyl groups is 4. The van der Waals surface area contributed by atoms with Crippen molar-refractivity contribution < 1.29 is 25.2 Å². The van der Waals surface area contributed by atoms with E-state index in [1.807, 2.05) is 54.6 Å². The van der Waals surface area contributed by atoms with Crippen molar-refractivity contribution in [1.29, 1.82) is 0 Å². The first-order chi connectivity index (χ1) is 12.1. The second-order valence-corrected chi connectivity index (χ2v) is 7.43. The number of para-hydroxylation sites is 1. The molecule has 0 amide bonds. The minimum atomic E-state index is -1.36. The van der Waals surface area contributed by atoms with Crippen LogP contribution in [0.25, 0.3) is 0 Å². The van der Waals surface area contributed by atoms with Gasteiger partial charge >= 0.3 is 0 Å². The van der Waals surface area contributed by atoms with E-state index in [9.17, 15) is 20.4 Å². The van der Waals surface area contributed by atoms with Gasteiger partial charge in [-0.15, -0.1) is 11.8 Å². The molecule has 0 aromatic heterocycles. The number of rotatable bonds is 5. The standard InChI is InChI=1S/C19H22O5S/c20-11-15-16(21)17(22)18(23)19(25-15)24-14-9-5-4-8-13(14)10-12-6-2-1-3-7-12/h1-9,15-23H,10-11H2/t15-,16+,17-,18+,19-/m0/s1. The zero-order valence-corrected chi connectivity index (χ0v) is 14.4. The van der Waals surface area contributed by atoms with E-state index in [0.717, 1.165) is 22.9 Å². The fraction of sp³-hybridized carbons (Fsp3) is 0.368. The van der Waals surface area contributed by atoms with Crippen molar-refractivity contribution in [2.75, 3.05) is 6.61 Å². The number of aliphatic hydroxyl groups excluding tert-OH is 4. The summed E-state index contributed by atoms with van der Waals surface area (Å²) >= 11 is 1.13. The van der Waals surface area contributed by atoms with E-state index in [0.29, 0.717) is 12.2 Å². The Labute approximate surface area is 150 Å². The summed E-state index contributed by atoms with van der Waals surface area (Å²) in [6, 6.07) is 17.5. The SMILES string of the molecule is OC[C@@H]1S[C@H](Oc2ccccc2Cc2ccccc2)[C@H](O)[C@@H](O)[C@@H]1O. The zero-order valence-electron chi connectivity index (χ0n) is 13.6. The fourth-order valence-corrected chi connectivity index (χ4v) is 4.10. The molecular formula is C19H22O5S. The largest absolute Gasteiger partial charge is 0.477 e. The second kappa shape index (κ2) is 8.21. The van der Waals surface area contributed by atoms with E-state index in [-0.39, 0.29) is 6.61 Å². The maximum Gasteiger partial charge on any atom is 0.173 e. The van der Waals surface area contributed by atoms with Crippen LogP contribution in [0.2, 0.25) is 0 Å². The molecule has 1 saturated heterocycles. The van der Waals surface area contributed by atoms with Crippen LogP contribution in [-0.4, -0.2) is 56.0 Å². The minimum Gasteiger partial charge on any atom is -0.477 e. The van der Waals surface area contributed by atoms with E-state index >= 15 is 0 Å². The normalized spacial score (nSPS) is 29.4. The summed E-state index contributed by atoms with van der Waals surface area (Å²) in [5.74, 6) is 0.614. The maximum absolute atomic E-state index is 10.2. The van der Waals surface area contributed by atoms with Crippen molar-refractivity contribution in [2.45, 2.75) is 35.4 Å². The van der Waals surface area contributed by atoms with Crippen LogP contribution in [0.1, 0.15) is 11.1 Å². The highest BCUT2D eigenvalue weighted by Crippen LogP contribution is 2.35. The molecule has 0 unspecified atom stereocenters. The van der Waals surface area contributed by atoms with Crippen LogP contribution in [0.4, 0.5) is 0 Å². The van der Waals surface area contributed by atoms with Crippen LogP contribution in [0, 0.1) is 0 Å². The van der Waals surface area contributed by atoms with Crippen LogP contribution in [-0.2, 0) is 6.42 Å². The molecule has 4 N–H and O–H groups in total. The molecule has 0 spiro atoms. The molecule has 1 aliphatic heterocycles. The summed E-state index contributed by atoms with van der Waals surface area (Å²) in [6.07, 6.45) is -3.11. The van der Waals surface area contributed by atoms with Gasteiger partial charge in [0.15, 0.2) is 5.44 Å². The molecule has 5 atom stereocenters. The van der Waals surface area contributed by atoms with Crippen LogP contribution < -0.4 is 4.74 Å². The van der Waals surface area contributed by atoms with Crippen molar-refractivity contribution in [2.24, 2.45) is 0 Å². The first kappa shape index (κ1) is 18.2. The number of benzene rings is 2. The molecule has 1 heterocycles. The molecule has 1 aliphatic rings. The van der Waals surface area contributed by atoms with Crippen molar-refractivity contribution in [3.05, 3.63) is 65.7 Å². The van der Waals surface area contributed by atoms with E-state index < -0.39 is 29.0 Å². The molecule has 0 radical (unpaired) electrons. The molecular weight excluding hydrogens is 340 g/mol. The average Bonchev–Trinajstić information content (AvgIpc) is 2.64. The van der Waals surface area contributed by atoms with Crippen LogP contribution >= 0.6 is 11.8 Å². The first-order valence-corrected chi connectivity index (χ1v) is 9.13. The lowest BCUT2D eigenvalue weighted by Crippen LogP contribution is -2.55. The summed E-state index contributed by atoms with van der Waals surface area (Å²) < 4.78 is 5.95. The Hall–Kier alpha value is -1.57. The molecule has 0 aliphatic carbocycles. The summed E-state index contributed by atoms with van der Waals surface area (Å²) in [5, 5.41) is 38.9. The van der Waals surface area contributed by atoms with Gasteiger partial charge in [0.1, 0.15) is 18.0 Å². The average molecular weight is 362 g/mol. The number of thioether (sulfide) groups is 1. The predicted molar refractivity (Wildman–Crippen MR) is 96.6 cm³/mol. The highest BCUT2D eigenvalue weighted by Gasteiger charge is 2.44. The zero-order chi connectivity index (χ0) is 17.8. The Morgan fingerprint density at radius 2 is 1.52 bits per heavy atom. The lowest BCUT2D eigenvalue weighted by molar-refractivity contribution is -0.0910. The third kappa shape index (κ3) is 4.16. The van der Waals surface area contributed by atoms with Gasteiger partial charge in [-0.3, -0.25) is 0 Å². The Bertz CT molecular complexity index is 679. The summed E-state index contributed by atoms with van der Waals surface area (Å²) in [6.45, 7) is -0.304. The quantitative estimate of drug-likeness (QED) is 0.639. The van der Waals surface area contributed by atoms with Gasteiger partial charge in [0.2, 0.25) is 0 Å². The van der Waals surface area contributed by atoms with Gasteiger partial charge < -0.3 is 25.2 Å². The van der Waals surface area contributed by atoms with E-state index in [1.54, 1.807) is 0 Å². The minimum absolute atomic E-state index is 0.304. The Kier molecular flexibility index (Phi) is 5.98. The topological polar surface area (TPSA) is 90.2 Å². The lowest BCUT2D eigenvalue weighted by atomic mass is 10.0. The van der Waals surface area contributed by atoms with E-state index in [1.165, 1.54) is 0 Å². The molecule has 0 saturated carbocycles. The monoisotopic (exact) mass is 362 g/mol. The summed E-state index contributed by atoms with van der Waals surface area (Å²) in [5.41, 5.74) is 1.33. The van der Waals surface area contributed by atoms with E-state index in [2.05, 4.69) is 0 Å².